The number of anilines is 1. The van der Waals surface area contributed by atoms with Crippen LogP contribution in [0.1, 0.15) is 43.0 Å². The maximum atomic E-state index is 11.6. The summed E-state index contributed by atoms with van der Waals surface area (Å²) >= 11 is 0. The van der Waals surface area contributed by atoms with Crippen molar-refractivity contribution >= 4 is 11.7 Å². The van der Waals surface area contributed by atoms with Crippen molar-refractivity contribution in [3.05, 3.63) is 17.8 Å². The highest BCUT2D eigenvalue weighted by atomic mass is 16.5. The van der Waals surface area contributed by atoms with Crippen LogP contribution in [0.25, 0.3) is 0 Å². The molecule has 0 aliphatic heterocycles. The molecule has 0 saturated heterocycles. The van der Waals surface area contributed by atoms with Crippen LogP contribution >= 0.6 is 0 Å². The van der Waals surface area contributed by atoms with Crippen molar-refractivity contribution in [3.63, 3.8) is 0 Å². The average molecular weight is 264 g/mol. The Kier molecular flexibility index (Phi) is 4.24. The summed E-state index contributed by atoms with van der Waals surface area (Å²) in [7, 11) is 1.33. The van der Waals surface area contributed by atoms with Gasteiger partial charge >= 0.3 is 5.97 Å². The number of nitrogens with two attached hydrogens (primary N) is 1. The number of hydrogen-bond acceptors (Lipinski definition) is 5. The topological polar surface area (TPSA) is 74.4 Å². The molecule has 1 fully saturated rings. The summed E-state index contributed by atoms with van der Waals surface area (Å²) in [5.74, 6) is 0.476. The van der Waals surface area contributed by atoms with Gasteiger partial charge in [-0.3, -0.25) is 0 Å². The molecule has 2 N–H and O–H groups in total. The van der Waals surface area contributed by atoms with Crippen molar-refractivity contribution in [2.45, 2.75) is 38.7 Å². The van der Waals surface area contributed by atoms with Gasteiger partial charge in [0.05, 0.1) is 24.6 Å². The molecule has 5 heteroatoms. The van der Waals surface area contributed by atoms with Gasteiger partial charge < -0.3 is 15.2 Å². The van der Waals surface area contributed by atoms with Crippen molar-refractivity contribution in [1.82, 2.24) is 4.98 Å². The Hall–Kier alpha value is -1.78. The van der Waals surface area contributed by atoms with E-state index in [1.807, 2.05) is 0 Å². The number of carbonyl (C=O) groups excluding carboxylic acids is 1. The third-order valence-corrected chi connectivity index (χ3v) is 3.62. The zero-order valence-corrected chi connectivity index (χ0v) is 11.4. The zero-order valence-electron chi connectivity index (χ0n) is 11.4. The van der Waals surface area contributed by atoms with E-state index in [4.69, 9.17) is 10.5 Å². The van der Waals surface area contributed by atoms with Gasteiger partial charge in [0.25, 0.3) is 0 Å². The first-order valence-corrected chi connectivity index (χ1v) is 6.62. The molecule has 104 valence electrons. The fourth-order valence-electron chi connectivity index (χ4n) is 2.41. The first kappa shape index (κ1) is 13.6. The molecule has 2 unspecified atom stereocenters. The normalized spacial score (nSPS) is 22.8. The maximum absolute atomic E-state index is 11.6. The lowest BCUT2D eigenvalue weighted by atomic mass is 9.88. The smallest absolute Gasteiger partial charge is 0.340 e. The number of methoxy groups -OCH3 is 1. The third kappa shape index (κ3) is 3.16. The minimum absolute atomic E-state index is 0.162. The monoisotopic (exact) mass is 264 g/mol. The largest absolute Gasteiger partial charge is 0.474 e. The van der Waals surface area contributed by atoms with Gasteiger partial charge in [-0.1, -0.05) is 13.3 Å². The molecule has 0 spiro atoms. The van der Waals surface area contributed by atoms with Crippen molar-refractivity contribution < 1.29 is 14.3 Å². The van der Waals surface area contributed by atoms with E-state index in [1.165, 1.54) is 32.6 Å². The zero-order chi connectivity index (χ0) is 13.8. The quantitative estimate of drug-likeness (QED) is 0.848. The Labute approximate surface area is 113 Å². The summed E-state index contributed by atoms with van der Waals surface area (Å²) in [6.07, 6.45) is 6.23. The Morgan fingerprint density at radius 2 is 2.16 bits per heavy atom. The first-order valence-electron chi connectivity index (χ1n) is 6.62. The van der Waals surface area contributed by atoms with Gasteiger partial charge in [-0.05, 0) is 25.2 Å². The Bertz CT molecular complexity index is 462. The summed E-state index contributed by atoms with van der Waals surface area (Å²) in [5.41, 5.74) is 6.31. The third-order valence-electron chi connectivity index (χ3n) is 3.62. The maximum Gasteiger partial charge on any atom is 0.340 e. The van der Waals surface area contributed by atoms with Gasteiger partial charge in [-0.2, -0.15) is 0 Å². The van der Waals surface area contributed by atoms with Crippen LogP contribution in [0.4, 0.5) is 5.69 Å². The minimum atomic E-state index is -0.471. The molecular weight excluding hydrogens is 244 g/mol. The highest BCUT2D eigenvalue weighted by molar-refractivity contribution is 5.95. The van der Waals surface area contributed by atoms with Crippen LogP contribution < -0.4 is 10.5 Å². The summed E-state index contributed by atoms with van der Waals surface area (Å²) in [5, 5.41) is 0. The molecule has 1 heterocycles. The lowest BCUT2D eigenvalue weighted by Gasteiger charge is -2.28. The van der Waals surface area contributed by atoms with Crippen LogP contribution in [0.5, 0.6) is 5.88 Å². The fourth-order valence-corrected chi connectivity index (χ4v) is 2.41. The van der Waals surface area contributed by atoms with Crippen LogP contribution in [0, 0.1) is 5.92 Å². The van der Waals surface area contributed by atoms with E-state index < -0.39 is 5.97 Å². The van der Waals surface area contributed by atoms with E-state index in [2.05, 4.69) is 16.6 Å². The van der Waals surface area contributed by atoms with Crippen LogP contribution in [-0.4, -0.2) is 24.2 Å². The second-order valence-corrected chi connectivity index (χ2v) is 5.02. The second kappa shape index (κ2) is 5.91. The van der Waals surface area contributed by atoms with Crippen LogP contribution in [0.3, 0.4) is 0 Å². The van der Waals surface area contributed by atoms with E-state index in [-0.39, 0.29) is 6.10 Å². The molecule has 2 rings (SSSR count). The number of pyridine rings is 1. The first-order chi connectivity index (χ1) is 9.11. The molecule has 1 aromatic heterocycles. The number of nitrogens with zero attached hydrogens (tertiary/aromatic N) is 1. The summed E-state index contributed by atoms with van der Waals surface area (Å²) in [6.45, 7) is 2.18. The molecule has 19 heavy (non-hydrogen) atoms. The highest BCUT2D eigenvalue weighted by Crippen LogP contribution is 2.28. The number of hydrogen-bond donors (Lipinski definition) is 1. The van der Waals surface area contributed by atoms with Gasteiger partial charge in [0.2, 0.25) is 5.88 Å². The molecule has 1 aromatic rings. The minimum Gasteiger partial charge on any atom is -0.474 e. The second-order valence-electron chi connectivity index (χ2n) is 5.02. The van der Waals surface area contributed by atoms with Gasteiger partial charge in [0.15, 0.2) is 0 Å². The lowest BCUT2D eigenvalue weighted by Crippen LogP contribution is -2.28. The molecule has 0 amide bonds. The van der Waals surface area contributed by atoms with Crippen molar-refractivity contribution in [1.29, 1.82) is 0 Å². The molecule has 1 saturated carbocycles. The standard InChI is InChI=1S/C14H20N2O3/c1-9-5-3-4-6-12(9)19-13-7-10(14(17)18-2)11(15)8-16-13/h7-9,12H,3-6,15H2,1-2H3. The number of nitrogen functional groups attached to an aromatic ring is 1. The number of aromatic nitrogens is 1. The number of esters is 1. The van der Waals surface area contributed by atoms with Crippen molar-refractivity contribution in [3.8, 4) is 5.88 Å². The van der Waals surface area contributed by atoms with Gasteiger partial charge in [0.1, 0.15) is 6.10 Å². The van der Waals surface area contributed by atoms with Gasteiger partial charge in [0, 0.05) is 6.07 Å². The summed E-state index contributed by atoms with van der Waals surface area (Å²) in [6, 6.07) is 1.56. The van der Waals surface area contributed by atoms with Crippen LogP contribution in [0.2, 0.25) is 0 Å². The summed E-state index contributed by atoms with van der Waals surface area (Å²) in [4.78, 5) is 15.7. The molecule has 0 radical (unpaired) electrons. The van der Waals surface area contributed by atoms with Gasteiger partial charge in [-0.25, -0.2) is 9.78 Å². The van der Waals surface area contributed by atoms with E-state index in [9.17, 15) is 4.79 Å². The molecule has 5 nitrogen and oxygen atoms in total. The van der Waals surface area contributed by atoms with Crippen molar-refractivity contribution in [2.24, 2.45) is 5.92 Å². The molecule has 0 aromatic carbocycles. The van der Waals surface area contributed by atoms with Gasteiger partial charge in [-0.15, -0.1) is 0 Å². The van der Waals surface area contributed by atoms with Crippen molar-refractivity contribution in [2.75, 3.05) is 12.8 Å². The highest BCUT2D eigenvalue weighted by Gasteiger charge is 2.24. The van der Waals surface area contributed by atoms with E-state index >= 15 is 0 Å². The van der Waals surface area contributed by atoms with E-state index in [0.717, 1.165) is 6.42 Å². The summed E-state index contributed by atoms with van der Waals surface area (Å²) < 4.78 is 10.6. The number of rotatable bonds is 3. The van der Waals surface area contributed by atoms with E-state index in [1.54, 1.807) is 6.07 Å². The molecule has 1 aliphatic carbocycles. The fraction of sp³-hybridized carbons (Fsp3) is 0.571. The number of carbonyl (C=O) groups is 1. The Morgan fingerprint density at radius 3 is 2.84 bits per heavy atom. The predicted molar refractivity (Wildman–Crippen MR) is 72.0 cm³/mol. The molecule has 1 aliphatic rings. The average Bonchev–Trinajstić information content (AvgIpc) is 2.42. The van der Waals surface area contributed by atoms with Crippen LogP contribution in [-0.2, 0) is 4.74 Å². The molecule has 0 bridgehead atoms. The Balaban J connectivity index is 2.14. The lowest BCUT2D eigenvalue weighted by molar-refractivity contribution is 0.0599. The van der Waals surface area contributed by atoms with E-state index in [0.29, 0.717) is 23.0 Å². The van der Waals surface area contributed by atoms with Crippen LogP contribution in [0.15, 0.2) is 12.3 Å². The Morgan fingerprint density at radius 1 is 1.42 bits per heavy atom. The predicted octanol–water partition coefficient (Wildman–Crippen LogP) is 2.41. The number of ether oxygens (including phenoxy) is 2. The SMILES string of the molecule is COC(=O)c1cc(OC2CCCCC2C)ncc1N. The molecular formula is C14H20N2O3. The molecule has 2 atom stereocenters.